The number of nitrogens with one attached hydrogen (secondary N) is 2. The molecule has 0 aliphatic carbocycles. The van der Waals surface area contributed by atoms with E-state index in [2.05, 4.69) is 16.9 Å². The van der Waals surface area contributed by atoms with Crippen molar-refractivity contribution in [2.24, 2.45) is 0 Å². The standard InChI is InChI=1S/C16H15N3O2S/c20-9-5-6-10(13(21)7-9)15-11(8-17-19-15)16-18-12-3-1-2-4-14(12)22-16/h1-7,11,15,17,19-21H,8H2. The lowest BCUT2D eigenvalue weighted by molar-refractivity contribution is 0.432. The average molecular weight is 313 g/mol. The Morgan fingerprint density at radius 2 is 2.00 bits per heavy atom. The molecule has 0 saturated carbocycles. The lowest BCUT2D eigenvalue weighted by atomic mass is 9.94. The summed E-state index contributed by atoms with van der Waals surface area (Å²) in [5.74, 6) is 0.281. The Balaban J connectivity index is 1.74. The molecular weight excluding hydrogens is 298 g/mol. The second kappa shape index (κ2) is 5.24. The summed E-state index contributed by atoms with van der Waals surface area (Å²) >= 11 is 1.68. The summed E-state index contributed by atoms with van der Waals surface area (Å²) in [6.45, 7) is 0.741. The van der Waals surface area contributed by atoms with Crippen molar-refractivity contribution in [3.8, 4) is 11.5 Å². The predicted molar refractivity (Wildman–Crippen MR) is 86.0 cm³/mol. The first-order valence-corrected chi connectivity index (χ1v) is 7.90. The molecule has 2 unspecified atom stereocenters. The number of aromatic hydroxyl groups is 2. The van der Waals surface area contributed by atoms with Gasteiger partial charge in [-0.2, -0.15) is 0 Å². The predicted octanol–water partition coefficient (Wildman–Crippen LogP) is 2.64. The number of phenols is 2. The largest absolute Gasteiger partial charge is 0.508 e. The highest BCUT2D eigenvalue weighted by atomic mass is 32.1. The first kappa shape index (κ1) is 13.5. The van der Waals surface area contributed by atoms with E-state index in [1.807, 2.05) is 18.2 Å². The van der Waals surface area contributed by atoms with Crippen LogP contribution in [0.3, 0.4) is 0 Å². The Morgan fingerprint density at radius 3 is 2.82 bits per heavy atom. The maximum Gasteiger partial charge on any atom is 0.124 e. The highest BCUT2D eigenvalue weighted by Crippen LogP contribution is 2.40. The molecule has 0 spiro atoms. The van der Waals surface area contributed by atoms with Crippen LogP contribution in [0.2, 0.25) is 0 Å². The molecule has 1 aliphatic heterocycles. The van der Waals surface area contributed by atoms with Crippen molar-refractivity contribution in [3.63, 3.8) is 0 Å². The zero-order valence-corrected chi connectivity index (χ0v) is 12.5. The number of nitrogens with zero attached hydrogens (tertiary/aromatic N) is 1. The molecule has 0 amide bonds. The van der Waals surface area contributed by atoms with Gasteiger partial charge in [0, 0.05) is 24.1 Å². The second-order valence-corrected chi connectivity index (χ2v) is 6.43. The van der Waals surface area contributed by atoms with Gasteiger partial charge in [0.05, 0.1) is 16.3 Å². The number of fused-ring (bicyclic) bond motifs is 1. The van der Waals surface area contributed by atoms with Crippen LogP contribution in [-0.2, 0) is 0 Å². The molecule has 2 heterocycles. The van der Waals surface area contributed by atoms with Gasteiger partial charge in [-0.25, -0.2) is 10.4 Å². The van der Waals surface area contributed by atoms with E-state index in [0.29, 0.717) is 0 Å². The maximum absolute atomic E-state index is 10.1. The molecule has 4 rings (SSSR count). The summed E-state index contributed by atoms with van der Waals surface area (Å²) in [6, 6.07) is 12.7. The van der Waals surface area contributed by atoms with Crippen molar-refractivity contribution in [2.75, 3.05) is 6.54 Å². The van der Waals surface area contributed by atoms with E-state index in [0.717, 1.165) is 27.3 Å². The smallest absolute Gasteiger partial charge is 0.124 e. The number of thiazole rings is 1. The average Bonchev–Trinajstić information content (AvgIpc) is 3.13. The molecule has 22 heavy (non-hydrogen) atoms. The molecule has 5 nitrogen and oxygen atoms in total. The zero-order valence-electron chi connectivity index (χ0n) is 11.7. The Morgan fingerprint density at radius 1 is 1.14 bits per heavy atom. The molecule has 1 aliphatic rings. The first-order valence-electron chi connectivity index (χ1n) is 7.08. The normalized spacial score (nSPS) is 21.5. The first-order chi connectivity index (χ1) is 10.7. The molecule has 1 fully saturated rings. The van der Waals surface area contributed by atoms with Crippen molar-refractivity contribution < 1.29 is 10.2 Å². The van der Waals surface area contributed by atoms with Crippen molar-refractivity contribution in [3.05, 3.63) is 53.0 Å². The van der Waals surface area contributed by atoms with Crippen LogP contribution >= 0.6 is 11.3 Å². The third-order valence-corrected chi connectivity index (χ3v) is 5.13. The van der Waals surface area contributed by atoms with Gasteiger partial charge in [0.25, 0.3) is 0 Å². The molecule has 6 heteroatoms. The molecule has 3 aromatic rings. The fourth-order valence-corrected chi connectivity index (χ4v) is 3.97. The number of hydrazine groups is 1. The van der Waals surface area contributed by atoms with Gasteiger partial charge in [0.15, 0.2) is 0 Å². The van der Waals surface area contributed by atoms with Crippen molar-refractivity contribution in [2.45, 2.75) is 12.0 Å². The summed E-state index contributed by atoms with van der Waals surface area (Å²) in [6.07, 6.45) is 0. The molecule has 2 aromatic carbocycles. The van der Waals surface area contributed by atoms with Gasteiger partial charge >= 0.3 is 0 Å². The molecule has 0 radical (unpaired) electrons. The number of aromatic nitrogens is 1. The van der Waals surface area contributed by atoms with Crippen LogP contribution < -0.4 is 10.9 Å². The van der Waals surface area contributed by atoms with E-state index < -0.39 is 0 Å². The third-order valence-electron chi connectivity index (χ3n) is 3.96. The Kier molecular flexibility index (Phi) is 3.22. The Hall–Kier alpha value is -2.15. The molecular formula is C16H15N3O2S. The number of para-hydroxylation sites is 1. The lowest BCUT2D eigenvalue weighted by Crippen LogP contribution is -2.24. The lowest BCUT2D eigenvalue weighted by Gasteiger charge is -2.18. The SMILES string of the molecule is Oc1ccc(C2NNCC2c2nc3ccccc3s2)c(O)c1. The van der Waals surface area contributed by atoms with Gasteiger partial charge in [-0.05, 0) is 18.2 Å². The van der Waals surface area contributed by atoms with E-state index in [1.165, 1.54) is 6.07 Å². The third kappa shape index (κ3) is 2.21. The van der Waals surface area contributed by atoms with Gasteiger partial charge in [0.1, 0.15) is 16.5 Å². The van der Waals surface area contributed by atoms with E-state index in [1.54, 1.807) is 23.5 Å². The van der Waals surface area contributed by atoms with Crippen LogP contribution in [0.25, 0.3) is 10.2 Å². The summed E-state index contributed by atoms with van der Waals surface area (Å²) in [4.78, 5) is 4.73. The van der Waals surface area contributed by atoms with Crippen LogP contribution in [0.1, 0.15) is 22.5 Å². The minimum absolute atomic E-state index is 0.0590. The zero-order chi connectivity index (χ0) is 15.1. The second-order valence-electron chi connectivity index (χ2n) is 5.37. The van der Waals surface area contributed by atoms with Crippen molar-refractivity contribution >= 4 is 21.6 Å². The summed E-state index contributed by atoms with van der Waals surface area (Å²) < 4.78 is 1.16. The van der Waals surface area contributed by atoms with Gasteiger partial charge < -0.3 is 10.2 Å². The van der Waals surface area contributed by atoms with E-state index in [-0.39, 0.29) is 23.5 Å². The fraction of sp³-hybridized carbons (Fsp3) is 0.188. The van der Waals surface area contributed by atoms with Gasteiger partial charge in [-0.15, -0.1) is 11.3 Å². The molecule has 1 saturated heterocycles. The maximum atomic E-state index is 10.1. The highest BCUT2D eigenvalue weighted by Gasteiger charge is 2.33. The molecule has 1 aromatic heterocycles. The van der Waals surface area contributed by atoms with Crippen LogP contribution in [0.4, 0.5) is 0 Å². The van der Waals surface area contributed by atoms with Crippen molar-refractivity contribution in [1.82, 2.24) is 15.8 Å². The fourth-order valence-electron chi connectivity index (χ4n) is 2.87. The summed E-state index contributed by atoms with van der Waals surface area (Å²) in [5, 5.41) is 20.6. The van der Waals surface area contributed by atoms with Gasteiger partial charge in [-0.3, -0.25) is 5.43 Å². The number of hydrogen-bond donors (Lipinski definition) is 4. The summed E-state index contributed by atoms with van der Waals surface area (Å²) in [5.41, 5.74) is 8.11. The van der Waals surface area contributed by atoms with E-state index in [9.17, 15) is 10.2 Å². The number of hydrogen-bond acceptors (Lipinski definition) is 6. The molecule has 112 valence electrons. The van der Waals surface area contributed by atoms with E-state index >= 15 is 0 Å². The van der Waals surface area contributed by atoms with Gasteiger partial charge in [0.2, 0.25) is 0 Å². The number of rotatable bonds is 2. The minimum Gasteiger partial charge on any atom is -0.508 e. The van der Waals surface area contributed by atoms with E-state index in [4.69, 9.17) is 4.98 Å². The van der Waals surface area contributed by atoms with Crippen LogP contribution in [0.5, 0.6) is 11.5 Å². The molecule has 0 bridgehead atoms. The minimum atomic E-state index is -0.0823. The van der Waals surface area contributed by atoms with Crippen molar-refractivity contribution in [1.29, 1.82) is 0 Å². The Labute approximate surface area is 131 Å². The van der Waals surface area contributed by atoms with Crippen LogP contribution in [0, 0.1) is 0 Å². The van der Waals surface area contributed by atoms with Crippen LogP contribution in [-0.4, -0.2) is 21.7 Å². The molecule has 2 atom stereocenters. The molecule has 4 N–H and O–H groups in total. The Bertz CT molecular complexity index is 800. The van der Waals surface area contributed by atoms with Crippen LogP contribution in [0.15, 0.2) is 42.5 Å². The van der Waals surface area contributed by atoms with Gasteiger partial charge in [-0.1, -0.05) is 18.2 Å². The highest BCUT2D eigenvalue weighted by molar-refractivity contribution is 7.18. The topological polar surface area (TPSA) is 77.4 Å². The monoisotopic (exact) mass is 313 g/mol. The number of phenolic OH excluding ortho intramolecular Hbond substituents is 2. The summed E-state index contributed by atoms with van der Waals surface area (Å²) in [7, 11) is 0. The quantitative estimate of drug-likeness (QED) is 0.585. The number of benzene rings is 2.